The highest BCUT2D eigenvalue weighted by atomic mass is 16.3. The van der Waals surface area contributed by atoms with E-state index in [9.17, 15) is 9.59 Å². The van der Waals surface area contributed by atoms with Gasteiger partial charge in [-0.3, -0.25) is 9.59 Å². The van der Waals surface area contributed by atoms with Crippen LogP contribution >= 0.6 is 0 Å². The van der Waals surface area contributed by atoms with Gasteiger partial charge < -0.3 is 15.5 Å². The van der Waals surface area contributed by atoms with Crippen molar-refractivity contribution >= 4 is 16.9 Å². The summed E-state index contributed by atoms with van der Waals surface area (Å²) in [4.78, 5) is 24.7. The van der Waals surface area contributed by atoms with Crippen LogP contribution in [0.15, 0.2) is 69.9 Å². The summed E-state index contributed by atoms with van der Waals surface area (Å²) in [7, 11) is 0. The van der Waals surface area contributed by atoms with Gasteiger partial charge in [-0.05, 0) is 30.5 Å². The van der Waals surface area contributed by atoms with Gasteiger partial charge in [-0.15, -0.1) is 0 Å². The Bertz CT molecular complexity index is 1000. The fraction of sp³-hybridized carbons (Fsp3) is 0.238. The lowest BCUT2D eigenvalue weighted by Gasteiger charge is -2.47. The number of nitrogens with two attached hydrogens (primary N) is 1. The predicted molar refractivity (Wildman–Crippen MR) is 100 cm³/mol. The second kappa shape index (κ2) is 6.42. The van der Waals surface area contributed by atoms with Crippen LogP contribution in [-0.4, -0.2) is 18.5 Å². The molecule has 5 nitrogen and oxygen atoms in total. The molecule has 1 fully saturated rings. The summed E-state index contributed by atoms with van der Waals surface area (Å²) >= 11 is 0. The molecule has 0 aliphatic heterocycles. The van der Waals surface area contributed by atoms with Crippen molar-refractivity contribution in [3.8, 4) is 0 Å². The van der Waals surface area contributed by atoms with Crippen molar-refractivity contribution in [1.29, 1.82) is 0 Å². The van der Waals surface area contributed by atoms with Crippen molar-refractivity contribution in [3.05, 3.63) is 82.2 Å². The summed E-state index contributed by atoms with van der Waals surface area (Å²) in [6, 6.07) is 18.3. The number of para-hydroxylation sites is 1. The normalized spacial score (nSPS) is 22.0. The zero-order valence-corrected chi connectivity index (χ0v) is 14.3. The number of nitrogens with one attached hydrogen (secondary N) is 1. The number of benzene rings is 2. The Morgan fingerprint density at radius 2 is 1.81 bits per heavy atom. The van der Waals surface area contributed by atoms with Crippen molar-refractivity contribution < 1.29 is 9.21 Å². The van der Waals surface area contributed by atoms with E-state index >= 15 is 0 Å². The van der Waals surface area contributed by atoms with Gasteiger partial charge in [0.1, 0.15) is 5.58 Å². The van der Waals surface area contributed by atoms with Crippen molar-refractivity contribution in [2.24, 2.45) is 5.73 Å². The highest BCUT2D eigenvalue weighted by molar-refractivity contribution is 5.93. The van der Waals surface area contributed by atoms with Crippen LogP contribution in [0.4, 0.5) is 0 Å². The highest BCUT2D eigenvalue weighted by Gasteiger charge is 2.45. The average Bonchev–Trinajstić information content (AvgIpc) is 2.65. The molecule has 26 heavy (non-hydrogen) atoms. The maximum absolute atomic E-state index is 12.5. The number of hydrogen-bond donors (Lipinski definition) is 2. The monoisotopic (exact) mass is 348 g/mol. The summed E-state index contributed by atoms with van der Waals surface area (Å²) < 4.78 is 5.60. The Morgan fingerprint density at radius 1 is 1.12 bits per heavy atom. The van der Waals surface area contributed by atoms with Crippen LogP contribution in [0.2, 0.25) is 0 Å². The molecule has 1 saturated carbocycles. The SMILES string of the molecule is NCC1(c2ccccc2)CC(NC(=O)c2cc(=O)c3ccccc3o2)C1. The largest absolute Gasteiger partial charge is 0.451 e. The molecule has 1 heterocycles. The Labute approximate surface area is 150 Å². The zero-order chi connectivity index (χ0) is 18.1. The smallest absolute Gasteiger partial charge is 0.287 e. The van der Waals surface area contributed by atoms with Crippen LogP contribution in [0.3, 0.4) is 0 Å². The number of hydrogen-bond acceptors (Lipinski definition) is 4. The summed E-state index contributed by atoms with van der Waals surface area (Å²) in [6.45, 7) is 0.536. The van der Waals surface area contributed by atoms with Crippen LogP contribution < -0.4 is 16.5 Å². The fourth-order valence-corrected chi connectivity index (χ4v) is 3.77. The first-order valence-corrected chi connectivity index (χ1v) is 8.71. The topological polar surface area (TPSA) is 85.3 Å². The lowest BCUT2D eigenvalue weighted by atomic mass is 9.61. The molecule has 2 aromatic carbocycles. The Kier molecular flexibility index (Phi) is 4.09. The predicted octanol–water partition coefficient (Wildman–Crippen LogP) is 2.58. The zero-order valence-electron chi connectivity index (χ0n) is 14.3. The van der Waals surface area contributed by atoms with E-state index in [4.69, 9.17) is 10.2 Å². The summed E-state index contributed by atoms with van der Waals surface area (Å²) in [5.74, 6) is -0.324. The molecule has 132 valence electrons. The molecule has 1 amide bonds. The average molecular weight is 348 g/mol. The van der Waals surface area contributed by atoms with Gasteiger partial charge in [0.25, 0.3) is 5.91 Å². The van der Waals surface area contributed by atoms with Crippen LogP contribution in [0, 0.1) is 0 Å². The molecule has 0 unspecified atom stereocenters. The number of carbonyl (C=O) groups is 1. The van der Waals surface area contributed by atoms with Gasteiger partial charge in [0.05, 0.1) is 5.39 Å². The second-order valence-electron chi connectivity index (χ2n) is 6.90. The van der Waals surface area contributed by atoms with E-state index in [1.165, 1.54) is 11.6 Å². The first-order valence-electron chi connectivity index (χ1n) is 8.71. The number of rotatable bonds is 4. The van der Waals surface area contributed by atoms with Crippen molar-refractivity contribution in [1.82, 2.24) is 5.32 Å². The summed E-state index contributed by atoms with van der Waals surface area (Å²) in [6.07, 6.45) is 1.55. The number of carbonyl (C=O) groups excluding carboxylic acids is 1. The van der Waals surface area contributed by atoms with E-state index in [1.807, 2.05) is 18.2 Å². The maximum Gasteiger partial charge on any atom is 0.287 e. The van der Waals surface area contributed by atoms with Gasteiger partial charge in [-0.1, -0.05) is 42.5 Å². The van der Waals surface area contributed by atoms with Crippen molar-refractivity contribution in [2.45, 2.75) is 24.3 Å². The third-order valence-corrected chi connectivity index (χ3v) is 5.24. The van der Waals surface area contributed by atoms with E-state index in [-0.39, 0.29) is 28.6 Å². The van der Waals surface area contributed by atoms with Gasteiger partial charge in [0.2, 0.25) is 0 Å². The lowest BCUT2D eigenvalue weighted by Crippen LogP contribution is -2.56. The third kappa shape index (κ3) is 2.80. The van der Waals surface area contributed by atoms with Gasteiger partial charge in [0, 0.05) is 24.1 Å². The molecule has 1 aliphatic carbocycles. The van der Waals surface area contributed by atoms with Crippen LogP contribution in [0.1, 0.15) is 29.0 Å². The van der Waals surface area contributed by atoms with Crippen molar-refractivity contribution in [3.63, 3.8) is 0 Å². The van der Waals surface area contributed by atoms with Crippen LogP contribution in [0.25, 0.3) is 11.0 Å². The summed E-state index contributed by atoms with van der Waals surface area (Å²) in [5, 5.41) is 3.43. The Morgan fingerprint density at radius 3 is 2.54 bits per heavy atom. The fourth-order valence-electron chi connectivity index (χ4n) is 3.77. The van der Waals surface area contributed by atoms with E-state index in [2.05, 4.69) is 17.4 Å². The van der Waals surface area contributed by atoms with Gasteiger partial charge in [-0.2, -0.15) is 0 Å². The molecule has 3 N–H and O–H groups in total. The molecule has 3 aromatic rings. The highest BCUT2D eigenvalue weighted by Crippen LogP contribution is 2.43. The van der Waals surface area contributed by atoms with Crippen molar-refractivity contribution in [2.75, 3.05) is 6.54 Å². The maximum atomic E-state index is 12.5. The third-order valence-electron chi connectivity index (χ3n) is 5.24. The standard InChI is InChI=1S/C21H20N2O3/c22-13-21(14-6-2-1-3-7-14)11-15(12-21)23-20(25)19-10-17(24)16-8-4-5-9-18(16)26-19/h1-10,15H,11-13,22H2,(H,23,25). The molecule has 0 bridgehead atoms. The van der Waals surface area contributed by atoms with Gasteiger partial charge in [-0.25, -0.2) is 0 Å². The minimum Gasteiger partial charge on any atom is -0.451 e. The molecule has 0 saturated heterocycles. The minimum atomic E-state index is -0.364. The molecule has 0 atom stereocenters. The molecular weight excluding hydrogens is 328 g/mol. The number of fused-ring (bicyclic) bond motifs is 1. The van der Waals surface area contributed by atoms with E-state index in [0.717, 1.165) is 12.8 Å². The van der Waals surface area contributed by atoms with Gasteiger partial charge in [0.15, 0.2) is 11.2 Å². The molecule has 4 rings (SSSR count). The van der Waals surface area contributed by atoms with E-state index in [1.54, 1.807) is 24.3 Å². The molecule has 1 aromatic heterocycles. The molecular formula is C21H20N2O3. The van der Waals surface area contributed by atoms with Gasteiger partial charge >= 0.3 is 0 Å². The Hall–Kier alpha value is -2.92. The second-order valence-corrected chi connectivity index (χ2v) is 6.90. The van der Waals surface area contributed by atoms with E-state index < -0.39 is 0 Å². The number of amides is 1. The first-order chi connectivity index (χ1) is 12.6. The lowest BCUT2D eigenvalue weighted by molar-refractivity contribution is 0.0839. The Balaban J connectivity index is 1.49. The first kappa shape index (κ1) is 16.5. The molecule has 0 radical (unpaired) electrons. The molecule has 1 aliphatic rings. The minimum absolute atomic E-state index is 0.0167. The quantitative estimate of drug-likeness (QED) is 0.759. The molecule has 0 spiro atoms. The summed E-state index contributed by atoms with van der Waals surface area (Å²) in [5.41, 5.74) is 7.32. The van der Waals surface area contributed by atoms with E-state index in [0.29, 0.717) is 17.5 Å². The molecule has 5 heteroatoms. The van der Waals surface area contributed by atoms with Crippen LogP contribution in [0.5, 0.6) is 0 Å². The van der Waals surface area contributed by atoms with Crippen LogP contribution in [-0.2, 0) is 5.41 Å².